The highest BCUT2D eigenvalue weighted by Crippen LogP contribution is 2.19. The zero-order valence-corrected chi connectivity index (χ0v) is 16.2. The minimum Gasteiger partial charge on any atom is -0.489 e. The van der Waals surface area contributed by atoms with Gasteiger partial charge in [0.05, 0.1) is 0 Å². The van der Waals surface area contributed by atoms with Gasteiger partial charge in [-0.1, -0.05) is 29.8 Å². The Morgan fingerprint density at radius 1 is 0.897 bits per heavy atom. The average molecular weight is 411 g/mol. The second-order valence-corrected chi connectivity index (χ2v) is 6.62. The molecule has 148 valence electrons. The second kappa shape index (κ2) is 9.61. The summed E-state index contributed by atoms with van der Waals surface area (Å²) in [4.78, 5) is 23.2. The first-order valence-corrected chi connectivity index (χ1v) is 9.17. The first-order chi connectivity index (χ1) is 14.0. The number of ether oxygens (including phenoxy) is 2. The van der Waals surface area contributed by atoms with E-state index < -0.39 is 5.91 Å². The average Bonchev–Trinajstić information content (AvgIpc) is 2.72. The van der Waals surface area contributed by atoms with Crippen LogP contribution in [0.4, 0.5) is 5.69 Å². The van der Waals surface area contributed by atoms with Gasteiger partial charge in [-0.3, -0.25) is 9.59 Å². The highest BCUT2D eigenvalue weighted by molar-refractivity contribution is 6.30. The molecule has 0 aliphatic rings. The van der Waals surface area contributed by atoms with Crippen LogP contribution in [0.2, 0.25) is 5.02 Å². The summed E-state index contributed by atoms with van der Waals surface area (Å²) in [5.41, 5.74) is 7.02. The summed E-state index contributed by atoms with van der Waals surface area (Å²) in [5, 5.41) is 3.44. The molecule has 3 rings (SSSR count). The van der Waals surface area contributed by atoms with Gasteiger partial charge in [-0.2, -0.15) is 0 Å². The van der Waals surface area contributed by atoms with Crippen molar-refractivity contribution in [2.45, 2.75) is 6.61 Å². The molecule has 0 radical (unpaired) electrons. The number of amides is 2. The van der Waals surface area contributed by atoms with Crippen LogP contribution in [-0.4, -0.2) is 18.4 Å². The standard InChI is InChI=1S/C22H19ClN2O4/c23-17-5-1-3-15(11-17)13-28-20-6-2-4-16(12-20)22(27)25-18-7-9-19(10-8-18)29-14-21(24)26/h1-12H,13-14H2,(H2,24,26)(H,25,27). The van der Waals surface area contributed by atoms with E-state index in [0.717, 1.165) is 5.56 Å². The molecule has 0 saturated heterocycles. The lowest BCUT2D eigenvalue weighted by Gasteiger charge is -2.10. The highest BCUT2D eigenvalue weighted by atomic mass is 35.5. The van der Waals surface area contributed by atoms with E-state index >= 15 is 0 Å². The Balaban J connectivity index is 1.59. The van der Waals surface area contributed by atoms with Gasteiger partial charge in [0.15, 0.2) is 6.61 Å². The Labute approximate surface area is 173 Å². The summed E-state index contributed by atoms with van der Waals surface area (Å²) < 4.78 is 10.9. The molecule has 0 saturated carbocycles. The maximum absolute atomic E-state index is 12.5. The topological polar surface area (TPSA) is 90.7 Å². The van der Waals surface area contributed by atoms with Crippen molar-refractivity contribution in [1.29, 1.82) is 0 Å². The Hall–Kier alpha value is -3.51. The van der Waals surface area contributed by atoms with Gasteiger partial charge < -0.3 is 20.5 Å². The molecule has 0 atom stereocenters. The van der Waals surface area contributed by atoms with Crippen molar-refractivity contribution in [2.75, 3.05) is 11.9 Å². The number of nitrogens with one attached hydrogen (secondary N) is 1. The Bertz CT molecular complexity index is 1010. The Kier molecular flexibility index (Phi) is 6.71. The van der Waals surface area contributed by atoms with Crippen molar-refractivity contribution in [3.63, 3.8) is 0 Å². The SMILES string of the molecule is NC(=O)COc1ccc(NC(=O)c2cccc(OCc3cccc(Cl)c3)c2)cc1. The van der Waals surface area contributed by atoms with Gasteiger partial charge in [-0.05, 0) is 60.2 Å². The number of benzene rings is 3. The summed E-state index contributed by atoms with van der Waals surface area (Å²) >= 11 is 5.97. The van der Waals surface area contributed by atoms with Gasteiger partial charge in [0.1, 0.15) is 18.1 Å². The van der Waals surface area contributed by atoms with Gasteiger partial charge in [0.2, 0.25) is 0 Å². The Morgan fingerprint density at radius 3 is 2.38 bits per heavy atom. The number of carbonyl (C=O) groups is 2. The van der Waals surface area contributed by atoms with E-state index in [1.54, 1.807) is 54.6 Å². The molecule has 0 aliphatic carbocycles. The van der Waals surface area contributed by atoms with Crippen LogP contribution >= 0.6 is 11.6 Å². The third-order valence-corrected chi connectivity index (χ3v) is 4.12. The van der Waals surface area contributed by atoms with Crippen molar-refractivity contribution in [1.82, 2.24) is 0 Å². The number of hydrogen-bond donors (Lipinski definition) is 2. The van der Waals surface area contributed by atoms with Crippen LogP contribution < -0.4 is 20.5 Å². The van der Waals surface area contributed by atoms with Gasteiger partial charge in [0, 0.05) is 16.3 Å². The van der Waals surface area contributed by atoms with E-state index in [2.05, 4.69) is 5.32 Å². The lowest BCUT2D eigenvalue weighted by molar-refractivity contribution is -0.119. The molecule has 3 aromatic rings. The number of carbonyl (C=O) groups excluding carboxylic acids is 2. The van der Waals surface area contributed by atoms with Gasteiger partial charge in [-0.25, -0.2) is 0 Å². The van der Waals surface area contributed by atoms with Crippen molar-refractivity contribution < 1.29 is 19.1 Å². The summed E-state index contributed by atoms with van der Waals surface area (Å²) in [6.07, 6.45) is 0. The number of rotatable bonds is 8. The van der Waals surface area contributed by atoms with Gasteiger partial charge in [0.25, 0.3) is 11.8 Å². The normalized spacial score (nSPS) is 10.2. The number of halogens is 1. The third-order valence-electron chi connectivity index (χ3n) is 3.88. The van der Waals surface area contributed by atoms with Crippen molar-refractivity contribution in [3.8, 4) is 11.5 Å². The van der Waals surface area contributed by atoms with Crippen LogP contribution in [0, 0.1) is 0 Å². The first kappa shape index (κ1) is 20.2. The molecular weight excluding hydrogens is 392 g/mol. The summed E-state index contributed by atoms with van der Waals surface area (Å²) in [6.45, 7) is 0.145. The van der Waals surface area contributed by atoms with Crippen LogP contribution in [0.15, 0.2) is 72.8 Å². The zero-order valence-electron chi connectivity index (χ0n) is 15.4. The monoisotopic (exact) mass is 410 g/mol. The number of anilines is 1. The van der Waals surface area contributed by atoms with E-state index in [4.69, 9.17) is 26.8 Å². The molecule has 0 fully saturated rings. The Morgan fingerprint density at radius 2 is 1.66 bits per heavy atom. The van der Waals surface area contributed by atoms with E-state index in [1.807, 2.05) is 18.2 Å². The fourth-order valence-corrected chi connectivity index (χ4v) is 2.73. The number of hydrogen-bond acceptors (Lipinski definition) is 4. The number of primary amides is 1. The molecule has 0 heterocycles. The lowest BCUT2D eigenvalue weighted by Crippen LogP contribution is -2.20. The minimum absolute atomic E-state index is 0.201. The van der Waals surface area contributed by atoms with Crippen molar-refractivity contribution in [2.24, 2.45) is 5.73 Å². The smallest absolute Gasteiger partial charge is 0.255 e. The zero-order chi connectivity index (χ0) is 20.6. The molecule has 3 aromatic carbocycles. The molecule has 29 heavy (non-hydrogen) atoms. The quantitative estimate of drug-likeness (QED) is 0.586. The summed E-state index contributed by atoms with van der Waals surface area (Å²) in [7, 11) is 0. The third kappa shape index (κ3) is 6.26. The minimum atomic E-state index is -0.556. The largest absolute Gasteiger partial charge is 0.489 e. The molecular formula is C22H19ClN2O4. The molecule has 0 unspecified atom stereocenters. The summed E-state index contributed by atoms with van der Waals surface area (Å²) in [5.74, 6) is 0.231. The maximum atomic E-state index is 12.5. The molecule has 7 heteroatoms. The van der Waals surface area contributed by atoms with Crippen LogP contribution in [0.25, 0.3) is 0 Å². The molecule has 0 bridgehead atoms. The predicted molar refractivity (Wildman–Crippen MR) is 111 cm³/mol. The maximum Gasteiger partial charge on any atom is 0.255 e. The lowest BCUT2D eigenvalue weighted by atomic mass is 10.2. The first-order valence-electron chi connectivity index (χ1n) is 8.79. The molecule has 0 aliphatic heterocycles. The van der Waals surface area contributed by atoms with Crippen molar-refractivity contribution in [3.05, 3.63) is 88.9 Å². The van der Waals surface area contributed by atoms with E-state index in [9.17, 15) is 9.59 Å². The fraction of sp³-hybridized carbons (Fsp3) is 0.0909. The second-order valence-electron chi connectivity index (χ2n) is 6.18. The highest BCUT2D eigenvalue weighted by Gasteiger charge is 2.08. The molecule has 6 nitrogen and oxygen atoms in total. The van der Waals surface area contributed by atoms with Crippen molar-refractivity contribution >= 4 is 29.1 Å². The molecule has 2 amide bonds. The molecule has 0 spiro atoms. The van der Waals surface area contributed by atoms with E-state index in [-0.39, 0.29) is 12.5 Å². The van der Waals surface area contributed by atoms with Gasteiger partial charge in [-0.15, -0.1) is 0 Å². The van der Waals surface area contributed by atoms with Crippen LogP contribution in [-0.2, 0) is 11.4 Å². The number of nitrogens with two attached hydrogens (primary N) is 1. The fourth-order valence-electron chi connectivity index (χ4n) is 2.51. The van der Waals surface area contributed by atoms with Crippen LogP contribution in [0.1, 0.15) is 15.9 Å². The van der Waals surface area contributed by atoms with Crippen LogP contribution in [0.5, 0.6) is 11.5 Å². The molecule has 3 N–H and O–H groups in total. The molecule has 0 aromatic heterocycles. The van der Waals surface area contributed by atoms with Gasteiger partial charge >= 0.3 is 0 Å². The van der Waals surface area contributed by atoms with E-state index in [1.165, 1.54) is 0 Å². The summed E-state index contributed by atoms with van der Waals surface area (Å²) in [6, 6.07) is 20.9. The van der Waals surface area contributed by atoms with Crippen LogP contribution in [0.3, 0.4) is 0 Å². The predicted octanol–water partition coefficient (Wildman–Crippen LogP) is 4.04. The van der Waals surface area contributed by atoms with E-state index in [0.29, 0.717) is 34.4 Å².